The molecule has 1 aliphatic heterocycles. The van der Waals surface area contributed by atoms with E-state index in [9.17, 15) is 10.1 Å². The Kier molecular flexibility index (Phi) is 6.97. The number of amides is 1. The molecule has 0 atom stereocenters. The Morgan fingerprint density at radius 1 is 1.13 bits per heavy atom. The third-order valence-corrected chi connectivity index (χ3v) is 5.52. The maximum atomic E-state index is 12.4. The Morgan fingerprint density at radius 2 is 1.83 bits per heavy atom. The summed E-state index contributed by atoms with van der Waals surface area (Å²) in [5.41, 5.74) is 4.93. The van der Waals surface area contributed by atoms with Crippen LogP contribution in [0.2, 0.25) is 0 Å². The number of nitrogens with zero attached hydrogens (tertiary/aromatic N) is 3. The quantitative estimate of drug-likeness (QED) is 0.592. The van der Waals surface area contributed by atoms with Crippen LogP contribution in [0.15, 0.2) is 54.2 Å². The van der Waals surface area contributed by atoms with Crippen LogP contribution in [-0.4, -0.2) is 44.1 Å². The summed E-state index contributed by atoms with van der Waals surface area (Å²) in [5, 5.41) is 12.3. The van der Waals surface area contributed by atoms with Gasteiger partial charge in [-0.2, -0.15) is 5.26 Å². The number of methoxy groups -OCH3 is 1. The zero-order valence-electron chi connectivity index (χ0n) is 17.8. The molecule has 1 N–H and O–H groups in total. The monoisotopic (exact) mass is 404 g/mol. The van der Waals surface area contributed by atoms with Crippen LogP contribution >= 0.6 is 0 Å². The number of ether oxygens (including phenoxy) is 1. The molecular weight excluding hydrogens is 376 g/mol. The largest absolute Gasteiger partial charge is 0.497 e. The van der Waals surface area contributed by atoms with Crippen molar-refractivity contribution in [2.45, 2.75) is 20.4 Å². The lowest BCUT2D eigenvalue weighted by Crippen LogP contribution is -2.44. The highest BCUT2D eigenvalue weighted by Gasteiger charge is 2.19. The first-order valence-electron chi connectivity index (χ1n) is 10.1. The molecule has 0 aromatic heterocycles. The highest BCUT2D eigenvalue weighted by Crippen LogP contribution is 2.24. The van der Waals surface area contributed by atoms with Gasteiger partial charge in [-0.3, -0.25) is 4.79 Å². The summed E-state index contributed by atoms with van der Waals surface area (Å²) in [7, 11) is 1.61. The van der Waals surface area contributed by atoms with Gasteiger partial charge < -0.3 is 19.9 Å². The van der Waals surface area contributed by atoms with E-state index in [1.807, 2.05) is 35.2 Å². The number of aryl methyl sites for hydroxylation is 1. The van der Waals surface area contributed by atoms with Gasteiger partial charge in [-0.25, -0.2) is 0 Å². The van der Waals surface area contributed by atoms with Crippen molar-refractivity contribution in [3.63, 3.8) is 0 Å². The minimum atomic E-state index is -0.356. The fourth-order valence-corrected chi connectivity index (χ4v) is 3.51. The van der Waals surface area contributed by atoms with E-state index >= 15 is 0 Å². The third kappa shape index (κ3) is 5.12. The van der Waals surface area contributed by atoms with Crippen LogP contribution in [0.1, 0.15) is 16.7 Å². The first kappa shape index (κ1) is 21.3. The number of nitrogens with one attached hydrogen (secondary N) is 1. The van der Waals surface area contributed by atoms with Crippen molar-refractivity contribution in [3.05, 3.63) is 70.9 Å². The molecule has 1 heterocycles. The third-order valence-electron chi connectivity index (χ3n) is 5.52. The van der Waals surface area contributed by atoms with Gasteiger partial charge in [-0.1, -0.05) is 24.3 Å². The molecule has 156 valence electrons. The Balaban J connectivity index is 1.56. The molecule has 30 heavy (non-hydrogen) atoms. The molecule has 1 amide bonds. The van der Waals surface area contributed by atoms with Gasteiger partial charge in [-0.15, -0.1) is 0 Å². The van der Waals surface area contributed by atoms with Gasteiger partial charge in [0.2, 0.25) is 0 Å². The van der Waals surface area contributed by atoms with Crippen molar-refractivity contribution in [1.82, 2.24) is 10.2 Å². The van der Waals surface area contributed by atoms with E-state index in [0.29, 0.717) is 6.54 Å². The van der Waals surface area contributed by atoms with E-state index in [-0.39, 0.29) is 11.5 Å². The van der Waals surface area contributed by atoms with Crippen LogP contribution in [0.3, 0.4) is 0 Å². The van der Waals surface area contributed by atoms with Crippen molar-refractivity contribution in [2.75, 3.05) is 38.2 Å². The average Bonchev–Trinajstić information content (AvgIpc) is 2.78. The van der Waals surface area contributed by atoms with Gasteiger partial charge in [0, 0.05) is 44.6 Å². The van der Waals surface area contributed by atoms with Gasteiger partial charge >= 0.3 is 0 Å². The zero-order chi connectivity index (χ0) is 21.5. The fourth-order valence-electron chi connectivity index (χ4n) is 3.51. The predicted octanol–water partition coefficient (Wildman–Crippen LogP) is 3.16. The highest BCUT2D eigenvalue weighted by molar-refractivity contribution is 5.97. The van der Waals surface area contributed by atoms with Crippen LogP contribution in [0.25, 0.3) is 0 Å². The number of nitriles is 1. The summed E-state index contributed by atoms with van der Waals surface area (Å²) in [5.74, 6) is 0.410. The van der Waals surface area contributed by atoms with E-state index in [4.69, 9.17) is 4.74 Å². The first-order valence-corrected chi connectivity index (χ1v) is 10.1. The van der Waals surface area contributed by atoms with Gasteiger partial charge in [0.15, 0.2) is 0 Å². The van der Waals surface area contributed by atoms with Gasteiger partial charge in [0.25, 0.3) is 5.91 Å². The number of carbonyl (C=O) groups is 1. The lowest BCUT2D eigenvalue weighted by Gasteiger charge is -2.36. The molecule has 0 radical (unpaired) electrons. The Morgan fingerprint density at radius 3 is 2.47 bits per heavy atom. The van der Waals surface area contributed by atoms with Crippen LogP contribution < -0.4 is 15.0 Å². The number of piperazine rings is 1. The number of hydrogen-bond acceptors (Lipinski definition) is 5. The SMILES string of the molecule is COc1ccc(CNC(=O)/C(C#N)=C/N2CCN(c3cccc(C)c3C)CC2)cc1. The maximum absolute atomic E-state index is 12.4. The topological polar surface area (TPSA) is 68.6 Å². The summed E-state index contributed by atoms with van der Waals surface area (Å²) in [6, 6.07) is 15.9. The summed E-state index contributed by atoms with van der Waals surface area (Å²) >= 11 is 0. The summed E-state index contributed by atoms with van der Waals surface area (Å²) in [6.45, 7) is 7.89. The molecule has 2 aromatic rings. The Hall–Kier alpha value is -3.46. The van der Waals surface area contributed by atoms with Gasteiger partial charge in [0.1, 0.15) is 17.4 Å². The van der Waals surface area contributed by atoms with E-state index in [1.54, 1.807) is 13.3 Å². The molecule has 1 saturated heterocycles. The lowest BCUT2D eigenvalue weighted by molar-refractivity contribution is -0.117. The molecule has 0 aliphatic carbocycles. The average molecular weight is 405 g/mol. The summed E-state index contributed by atoms with van der Waals surface area (Å²) in [4.78, 5) is 16.9. The van der Waals surface area contributed by atoms with Crippen molar-refractivity contribution in [2.24, 2.45) is 0 Å². The second kappa shape index (κ2) is 9.84. The minimum absolute atomic E-state index is 0.128. The predicted molar refractivity (Wildman–Crippen MR) is 118 cm³/mol. The van der Waals surface area contributed by atoms with Crippen molar-refractivity contribution >= 4 is 11.6 Å². The molecule has 6 heteroatoms. The highest BCUT2D eigenvalue weighted by atomic mass is 16.5. The Labute approximate surface area is 178 Å². The molecule has 2 aromatic carbocycles. The van der Waals surface area contributed by atoms with Crippen LogP contribution in [0, 0.1) is 25.2 Å². The van der Waals surface area contributed by atoms with Crippen LogP contribution in [-0.2, 0) is 11.3 Å². The van der Waals surface area contributed by atoms with Crippen molar-refractivity contribution < 1.29 is 9.53 Å². The lowest BCUT2D eigenvalue weighted by atomic mass is 10.1. The number of benzene rings is 2. The second-order valence-corrected chi connectivity index (χ2v) is 7.43. The molecule has 0 bridgehead atoms. The minimum Gasteiger partial charge on any atom is -0.497 e. The molecule has 0 unspecified atom stereocenters. The molecule has 1 aliphatic rings. The fraction of sp³-hybridized carbons (Fsp3) is 0.333. The standard InChI is InChI=1S/C24H28N4O2/c1-18-5-4-6-23(19(18)2)28-13-11-27(12-14-28)17-21(15-25)24(29)26-16-20-7-9-22(30-3)10-8-20/h4-10,17H,11-14,16H2,1-3H3,(H,26,29)/b21-17+. The van der Waals surface area contributed by atoms with Crippen molar-refractivity contribution in [1.29, 1.82) is 5.26 Å². The summed E-state index contributed by atoms with van der Waals surface area (Å²) < 4.78 is 5.13. The van der Waals surface area contributed by atoms with E-state index < -0.39 is 0 Å². The molecule has 0 spiro atoms. The van der Waals surface area contributed by atoms with E-state index in [1.165, 1.54) is 16.8 Å². The van der Waals surface area contributed by atoms with Crippen molar-refractivity contribution in [3.8, 4) is 11.8 Å². The number of carbonyl (C=O) groups excluding carboxylic acids is 1. The van der Waals surface area contributed by atoms with E-state index in [0.717, 1.165) is 37.5 Å². The van der Waals surface area contributed by atoms with Crippen LogP contribution in [0.4, 0.5) is 5.69 Å². The normalized spacial score (nSPS) is 14.3. The summed E-state index contributed by atoms with van der Waals surface area (Å²) in [6.07, 6.45) is 1.68. The number of rotatable bonds is 6. The molecule has 6 nitrogen and oxygen atoms in total. The number of anilines is 1. The van der Waals surface area contributed by atoms with Gasteiger partial charge in [-0.05, 0) is 48.7 Å². The molecule has 3 rings (SSSR count). The Bertz CT molecular complexity index is 952. The smallest absolute Gasteiger partial charge is 0.263 e. The zero-order valence-corrected chi connectivity index (χ0v) is 17.8. The molecule has 1 fully saturated rings. The maximum Gasteiger partial charge on any atom is 0.263 e. The molecule has 0 saturated carbocycles. The van der Waals surface area contributed by atoms with Gasteiger partial charge in [0.05, 0.1) is 7.11 Å². The number of hydrogen-bond donors (Lipinski definition) is 1. The first-order chi connectivity index (χ1) is 14.5. The van der Waals surface area contributed by atoms with Crippen LogP contribution in [0.5, 0.6) is 5.75 Å². The second-order valence-electron chi connectivity index (χ2n) is 7.43. The van der Waals surface area contributed by atoms with E-state index in [2.05, 4.69) is 42.3 Å². The molecular formula is C24H28N4O2.